The molecule has 40 heavy (non-hydrogen) atoms. The lowest BCUT2D eigenvalue weighted by atomic mass is 10.0. The van der Waals surface area contributed by atoms with E-state index >= 15 is 0 Å². The summed E-state index contributed by atoms with van der Waals surface area (Å²) in [5, 5.41) is 2.49. The van der Waals surface area contributed by atoms with Crippen molar-refractivity contribution in [3.63, 3.8) is 0 Å². The van der Waals surface area contributed by atoms with Gasteiger partial charge in [-0.2, -0.15) is 4.31 Å². The summed E-state index contributed by atoms with van der Waals surface area (Å²) in [6.45, 7) is 5.52. The molecule has 0 radical (unpaired) electrons. The molecule has 1 amide bonds. The summed E-state index contributed by atoms with van der Waals surface area (Å²) < 4.78 is 40.6. The summed E-state index contributed by atoms with van der Waals surface area (Å²) in [5.74, 6) is 0.913. The Morgan fingerprint density at radius 1 is 1.15 bits per heavy atom. The van der Waals surface area contributed by atoms with E-state index in [1.54, 1.807) is 28.4 Å². The van der Waals surface area contributed by atoms with Crippen LogP contribution in [0.1, 0.15) is 54.7 Å². The van der Waals surface area contributed by atoms with Gasteiger partial charge in [0.1, 0.15) is 12.4 Å². The molecular formula is C30H35ClN2O5S2. The van der Waals surface area contributed by atoms with Crippen molar-refractivity contribution in [2.24, 2.45) is 0 Å². The van der Waals surface area contributed by atoms with Gasteiger partial charge >= 0.3 is 0 Å². The van der Waals surface area contributed by atoms with Crippen LogP contribution in [0.15, 0.2) is 64.9 Å². The second kappa shape index (κ2) is 12.6. The van der Waals surface area contributed by atoms with E-state index in [4.69, 9.17) is 21.1 Å². The SMILES string of the molecule is CC(C)c1ccc(OC[C@@H]2c3ccsc3CCN2C(=O)CN(C[C@H]2CCCO2)S(=O)(=O)c2ccc(Cl)cc2)cc1. The minimum Gasteiger partial charge on any atom is -0.491 e. The summed E-state index contributed by atoms with van der Waals surface area (Å²) in [5.41, 5.74) is 2.30. The van der Waals surface area contributed by atoms with Crippen LogP contribution in [0.4, 0.5) is 0 Å². The molecule has 7 nitrogen and oxygen atoms in total. The van der Waals surface area contributed by atoms with E-state index in [9.17, 15) is 13.2 Å². The predicted octanol–water partition coefficient (Wildman–Crippen LogP) is 5.90. The lowest BCUT2D eigenvalue weighted by Gasteiger charge is -2.37. The van der Waals surface area contributed by atoms with E-state index in [2.05, 4.69) is 26.0 Å². The Kier molecular flexibility index (Phi) is 9.17. The summed E-state index contributed by atoms with van der Waals surface area (Å²) >= 11 is 7.69. The van der Waals surface area contributed by atoms with Crippen LogP contribution in [0.3, 0.4) is 0 Å². The zero-order chi connectivity index (χ0) is 28.3. The van der Waals surface area contributed by atoms with Crippen molar-refractivity contribution in [3.8, 4) is 5.75 Å². The van der Waals surface area contributed by atoms with Crippen LogP contribution >= 0.6 is 22.9 Å². The second-order valence-corrected chi connectivity index (χ2v) is 13.9. The zero-order valence-electron chi connectivity index (χ0n) is 22.8. The third kappa shape index (κ3) is 6.55. The number of nitrogens with zero attached hydrogens (tertiary/aromatic N) is 2. The third-order valence-corrected chi connectivity index (χ3v) is 10.6. The number of fused-ring (bicyclic) bond motifs is 1. The molecule has 0 spiro atoms. The van der Waals surface area contributed by atoms with Gasteiger partial charge in [-0.15, -0.1) is 11.3 Å². The summed E-state index contributed by atoms with van der Waals surface area (Å²) in [6.07, 6.45) is 2.12. The van der Waals surface area contributed by atoms with Crippen LogP contribution in [-0.2, 0) is 26.0 Å². The summed E-state index contributed by atoms with van der Waals surface area (Å²) in [4.78, 5) is 17.0. The molecule has 5 rings (SSSR count). The van der Waals surface area contributed by atoms with Crippen LogP contribution in [0.5, 0.6) is 5.75 Å². The van der Waals surface area contributed by atoms with E-state index in [0.717, 1.165) is 30.6 Å². The van der Waals surface area contributed by atoms with E-state index in [1.165, 1.54) is 26.9 Å². The lowest BCUT2D eigenvalue weighted by Crippen LogP contribution is -2.49. The van der Waals surface area contributed by atoms with E-state index in [1.807, 2.05) is 23.6 Å². The Labute approximate surface area is 245 Å². The van der Waals surface area contributed by atoms with E-state index < -0.39 is 10.0 Å². The smallest absolute Gasteiger partial charge is 0.243 e. The fraction of sp³-hybridized carbons (Fsp3) is 0.433. The van der Waals surface area contributed by atoms with Gasteiger partial charge in [-0.3, -0.25) is 4.79 Å². The Morgan fingerprint density at radius 2 is 1.90 bits per heavy atom. The third-order valence-electron chi connectivity index (χ3n) is 7.56. The van der Waals surface area contributed by atoms with Gasteiger partial charge in [0.15, 0.2) is 0 Å². The maximum absolute atomic E-state index is 13.9. The molecule has 2 aromatic carbocycles. The van der Waals surface area contributed by atoms with Crippen molar-refractivity contribution in [2.75, 3.05) is 32.8 Å². The highest BCUT2D eigenvalue weighted by molar-refractivity contribution is 7.89. The molecule has 0 bridgehead atoms. The van der Waals surface area contributed by atoms with Crippen molar-refractivity contribution >= 4 is 38.9 Å². The van der Waals surface area contributed by atoms with Crippen LogP contribution < -0.4 is 4.74 Å². The average molecular weight is 603 g/mol. The monoisotopic (exact) mass is 602 g/mol. The van der Waals surface area contributed by atoms with Gasteiger partial charge in [-0.25, -0.2) is 8.42 Å². The molecule has 2 aliphatic rings. The number of hydrogen-bond donors (Lipinski definition) is 0. The molecule has 2 atom stereocenters. The molecule has 2 aliphatic heterocycles. The predicted molar refractivity (Wildman–Crippen MR) is 158 cm³/mol. The van der Waals surface area contributed by atoms with Crippen molar-refractivity contribution in [2.45, 2.75) is 56.1 Å². The lowest BCUT2D eigenvalue weighted by molar-refractivity contribution is -0.135. The topological polar surface area (TPSA) is 76.2 Å². The number of carbonyl (C=O) groups excluding carboxylic acids is 1. The first-order chi connectivity index (χ1) is 19.2. The molecule has 1 saturated heterocycles. The number of amides is 1. The summed E-state index contributed by atoms with van der Waals surface area (Å²) in [6, 6.07) is 15.8. The summed E-state index contributed by atoms with van der Waals surface area (Å²) in [7, 11) is -3.95. The van der Waals surface area contributed by atoms with Crippen molar-refractivity contribution < 1.29 is 22.7 Å². The molecule has 3 aromatic rings. The first kappa shape index (κ1) is 29.1. The largest absolute Gasteiger partial charge is 0.491 e. The molecule has 214 valence electrons. The highest BCUT2D eigenvalue weighted by atomic mass is 35.5. The highest BCUT2D eigenvalue weighted by Crippen LogP contribution is 2.34. The molecule has 3 heterocycles. The number of thiophene rings is 1. The molecule has 0 aliphatic carbocycles. The van der Waals surface area contributed by atoms with Crippen molar-refractivity contribution in [1.82, 2.24) is 9.21 Å². The number of benzene rings is 2. The molecular weight excluding hydrogens is 568 g/mol. The number of sulfonamides is 1. The van der Waals surface area contributed by atoms with Gasteiger partial charge in [0, 0.05) is 29.6 Å². The number of halogens is 1. The molecule has 0 N–H and O–H groups in total. The Morgan fingerprint density at radius 3 is 2.58 bits per heavy atom. The van der Waals surface area contributed by atoms with Crippen molar-refractivity contribution in [1.29, 1.82) is 0 Å². The maximum Gasteiger partial charge on any atom is 0.243 e. The minimum absolute atomic E-state index is 0.103. The Bertz CT molecular complexity index is 1400. The van der Waals surface area contributed by atoms with E-state index in [0.29, 0.717) is 24.1 Å². The Hall–Kier alpha value is -2.43. The zero-order valence-corrected chi connectivity index (χ0v) is 25.2. The molecule has 1 aromatic heterocycles. The Balaban J connectivity index is 1.37. The van der Waals surface area contributed by atoms with Gasteiger partial charge in [-0.1, -0.05) is 37.6 Å². The molecule has 1 fully saturated rings. The van der Waals surface area contributed by atoms with Crippen LogP contribution in [0, 0.1) is 0 Å². The number of hydrogen-bond acceptors (Lipinski definition) is 6. The van der Waals surface area contributed by atoms with Gasteiger partial charge < -0.3 is 14.4 Å². The quantitative estimate of drug-likeness (QED) is 0.289. The average Bonchev–Trinajstić information content (AvgIpc) is 3.64. The first-order valence-electron chi connectivity index (χ1n) is 13.7. The van der Waals surface area contributed by atoms with Gasteiger partial charge in [-0.05, 0) is 84.2 Å². The van der Waals surface area contributed by atoms with E-state index in [-0.39, 0.29) is 42.6 Å². The maximum atomic E-state index is 13.9. The van der Waals surface area contributed by atoms with Crippen LogP contribution in [0.2, 0.25) is 5.02 Å². The fourth-order valence-corrected chi connectivity index (χ4v) is 7.73. The first-order valence-corrected chi connectivity index (χ1v) is 16.4. The molecule has 0 unspecified atom stereocenters. The van der Waals surface area contributed by atoms with Gasteiger partial charge in [0.05, 0.1) is 23.6 Å². The van der Waals surface area contributed by atoms with Crippen molar-refractivity contribution in [3.05, 3.63) is 81.0 Å². The normalized spacial score (nSPS) is 19.3. The molecule has 10 heteroatoms. The number of carbonyl (C=O) groups is 1. The highest BCUT2D eigenvalue weighted by Gasteiger charge is 2.36. The van der Waals surface area contributed by atoms with Crippen LogP contribution in [0.25, 0.3) is 0 Å². The van der Waals surface area contributed by atoms with Crippen LogP contribution in [-0.4, -0.2) is 62.5 Å². The number of ether oxygens (including phenoxy) is 2. The minimum atomic E-state index is -3.95. The fourth-order valence-electron chi connectivity index (χ4n) is 5.26. The molecule has 0 saturated carbocycles. The number of rotatable bonds is 10. The standard InChI is InChI=1S/C30H35ClN2O5S2/c1-21(2)22-5-9-24(10-6-22)38-20-28-27-14-17-39-29(27)13-15-33(28)30(34)19-32(18-25-4-3-16-37-25)40(35,36)26-11-7-23(31)8-12-26/h5-12,14,17,21,25,28H,3-4,13,15-16,18-20H2,1-2H3/t25-,28-/m1/s1. The van der Waals surface area contributed by atoms with Gasteiger partial charge in [0.25, 0.3) is 0 Å². The van der Waals surface area contributed by atoms with Gasteiger partial charge in [0.2, 0.25) is 15.9 Å². The second-order valence-electron chi connectivity index (χ2n) is 10.6.